The standard InChI is InChI=1S/C27H30N4O2/c32-26(28-22-10-3-1-4-11-22)16-20-30-18-9-19-31(25-15-8-7-14-24(25)30)21-17-27(33)29-23-12-5-2-6-13-23/h1-8,10-15H,9,16-21H2,(H,28,32)(H,29,33). The van der Waals surface area contributed by atoms with E-state index in [4.69, 9.17) is 0 Å². The number of rotatable bonds is 8. The van der Waals surface area contributed by atoms with E-state index in [1.807, 2.05) is 72.8 Å². The van der Waals surface area contributed by atoms with Gasteiger partial charge in [0.2, 0.25) is 11.8 Å². The molecule has 6 heteroatoms. The maximum absolute atomic E-state index is 12.5. The van der Waals surface area contributed by atoms with E-state index >= 15 is 0 Å². The zero-order chi connectivity index (χ0) is 22.9. The molecule has 3 aromatic rings. The lowest BCUT2D eigenvalue weighted by molar-refractivity contribution is -0.116. The highest BCUT2D eigenvalue weighted by Gasteiger charge is 2.21. The van der Waals surface area contributed by atoms with Gasteiger partial charge in [-0.05, 0) is 42.8 Å². The second-order valence-corrected chi connectivity index (χ2v) is 8.14. The van der Waals surface area contributed by atoms with E-state index in [9.17, 15) is 9.59 Å². The Hall–Kier alpha value is -3.80. The number of anilines is 4. The number of amides is 2. The Morgan fingerprint density at radius 2 is 1.00 bits per heavy atom. The van der Waals surface area contributed by atoms with Crippen LogP contribution in [-0.4, -0.2) is 38.0 Å². The molecule has 0 spiro atoms. The first kappa shape index (κ1) is 22.4. The molecule has 3 aromatic carbocycles. The minimum Gasteiger partial charge on any atom is -0.369 e. The van der Waals surface area contributed by atoms with Gasteiger partial charge in [0.05, 0.1) is 11.4 Å². The first-order valence-electron chi connectivity index (χ1n) is 11.5. The van der Waals surface area contributed by atoms with E-state index in [1.165, 1.54) is 0 Å². The highest BCUT2D eigenvalue weighted by atomic mass is 16.2. The summed E-state index contributed by atoms with van der Waals surface area (Å²) in [5.41, 5.74) is 3.87. The fourth-order valence-electron chi connectivity index (χ4n) is 4.12. The second kappa shape index (κ2) is 11.2. The average molecular weight is 443 g/mol. The molecule has 0 atom stereocenters. The fourth-order valence-corrected chi connectivity index (χ4v) is 4.12. The van der Waals surface area contributed by atoms with Crippen LogP contribution in [0.5, 0.6) is 0 Å². The van der Waals surface area contributed by atoms with Crippen molar-refractivity contribution in [2.24, 2.45) is 0 Å². The Kier molecular flexibility index (Phi) is 7.59. The summed E-state index contributed by atoms with van der Waals surface area (Å²) in [6.45, 7) is 3.06. The number of nitrogens with zero attached hydrogens (tertiary/aromatic N) is 2. The number of benzene rings is 3. The number of para-hydroxylation sites is 4. The molecule has 6 nitrogen and oxygen atoms in total. The molecule has 0 aromatic heterocycles. The van der Waals surface area contributed by atoms with Crippen molar-refractivity contribution in [2.45, 2.75) is 19.3 Å². The van der Waals surface area contributed by atoms with E-state index in [0.717, 1.165) is 42.3 Å². The summed E-state index contributed by atoms with van der Waals surface area (Å²) < 4.78 is 0. The molecule has 1 aliphatic heterocycles. The summed E-state index contributed by atoms with van der Waals surface area (Å²) in [5.74, 6) is 0.0229. The van der Waals surface area contributed by atoms with Crippen LogP contribution in [0, 0.1) is 0 Å². The van der Waals surface area contributed by atoms with Crippen LogP contribution < -0.4 is 20.4 Å². The maximum Gasteiger partial charge on any atom is 0.226 e. The lowest BCUT2D eigenvalue weighted by Crippen LogP contribution is -2.28. The summed E-state index contributed by atoms with van der Waals surface area (Å²) in [6, 6.07) is 27.4. The molecule has 33 heavy (non-hydrogen) atoms. The molecular formula is C27H30N4O2. The predicted molar refractivity (Wildman–Crippen MR) is 135 cm³/mol. The van der Waals surface area contributed by atoms with Gasteiger partial charge in [-0.1, -0.05) is 48.5 Å². The Morgan fingerprint density at radius 3 is 1.42 bits per heavy atom. The zero-order valence-electron chi connectivity index (χ0n) is 18.7. The third-order valence-electron chi connectivity index (χ3n) is 5.75. The Labute approximate surface area is 195 Å². The van der Waals surface area contributed by atoms with Gasteiger partial charge in [0.15, 0.2) is 0 Å². The normalized spacial score (nSPS) is 13.1. The highest BCUT2D eigenvalue weighted by Crippen LogP contribution is 2.32. The summed E-state index contributed by atoms with van der Waals surface area (Å²) in [5, 5.41) is 5.92. The van der Waals surface area contributed by atoms with Crippen LogP contribution in [0.2, 0.25) is 0 Å². The van der Waals surface area contributed by atoms with Crippen LogP contribution in [0.4, 0.5) is 22.7 Å². The molecule has 2 amide bonds. The molecular weight excluding hydrogens is 412 g/mol. The molecule has 1 heterocycles. The Morgan fingerprint density at radius 1 is 0.606 bits per heavy atom. The van der Waals surface area contributed by atoms with Gasteiger partial charge in [-0.3, -0.25) is 9.59 Å². The number of nitrogens with one attached hydrogen (secondary N) is 2. The summed E-state index contributed by atoms with van der Waals surface area (Å²) in [6.07, 6.45) is 1.81. The summed E-state index contributed by atoms with van der Waals surface area (Å²) in [4.78, 5) is 29.5. The van der Waals surface area contributed by atoms with Crippen molar-refractivity contribution in [3.05, 3.63) is 84.9 Å². The highest BCUT2D eigenvalue weighted by molar-refractivity contribution is 5.92. The molecule has 1 aliphatic rings. The Bertz CT molecular complexity index is 971. The molecule has 2 N–H and O–H groups in total. The van der Waals surface area contributed by atoms with E-state index in [0.29, 0.717) is 25.9 Å². The topological polar surface area (TPSA) is 64.7 Å². The van der Waals surface area contributed by atoms with Gasteiger partial charge in [-0.15, -0.1) is 0 Å². The molecule has 4 rings (SSSR count). The van der Waals surface area contributed by atoms with Crippen molar-refractivity contribution in [3.8, 4) is 0 Å². The van der Waals surface area contributed by atoms with Crippen LogP contribution >= 0.6 is 0 Å². The van der Waals surface area contributed by atoms with E-state index in [1.54, 1.807) is 0 Å². The molecule has 0 saturated heterocycles. The van der Waals surface area contributed by atoms with Crippen molar-refractivity contribution in [1.82, 2.24) is 0 Å². The number of hydrogen-bond acceptors (Lipinski definition) is 4. The molecule has 0 fully saturated rings. The fraction of sp³-hybridized carbons (Fsp3) is 0.259. The number of hydrogen-bond donors (Lipinski definition) is 2. The minimum absolute atomic E-state index is 0.0115. The van der Waals surface area contributed by atoms with Crippen molar-refractivity contribution in [2.75, 3.05) is 46.6 Å². The van der Waals surface area contributed by atoms with Gasteiger partial charge in [0.1, 0.15) is 0 Å². The van der Waals surface area contributed by atoms with E-state index < -0.39 is 0 Å². The largest absolute Gasteiger partial charge is 0.369 e. The SMILES string of the molecule is O=C(CCN1CCCN(CCC(=O)Nc2ccccc2)c2ccccc21)Nc1ccccc1. The monoisotopic (exact) mass is 442 g/mol. The maximum atomic E-state index is 12.5. The number of carbonyl (C=O) groups excluding carboxylic acids is 2. The van der Waals surface area contributed by atoms with Crippen molar-refractivity contribution in [1.29, 1.82) is 0 Å². The summed E-state index contributed by atoms with van der Waals surface area (Å²) >= 11 is 0. The van der Waals surface area contributed by atoms with Crippen molar-refractivity contribution < 1.29 is 9.59 Å². The average Bonchev–Trinajstić information content (AvgIpc) is 3.02. The van der Waals surface area contributed by atoms with Gasteiger partial charge in [0, 0.05) is 50.4 Å². The Balaban J connectivity index is 1.35. The number of fused-ring (bicyclic) bond motifs is 1. The second-order valence-electron chi connectivity index (χ2n) is 8.14. The van der Waals surface area contributed by atoms with E-state index in [-0.39, 0.29) is 11.8 Å². The smallest absolute Gasteiger partial charge is 0.226 e. The van der Waals surface area contributed by atoms with Crippen molar-refractivity contribution >= 4 is 34.6 Å². The third-order valence-corrected chi connectivity index (χ3v) is 5.75. The summed E-state index contributed by atoms with van der Waals surface area (Å²) in [7, 11) is 0. The quantitative estimate of drug-likeness (QED) is 0.528. The molecule has 0 bridgehead atoms. The molecule has 0 aliphatic carbocycles. The van der Waals surface area contributed by atoms with Gasteiger partial charge in [-0.2, -0.15) is 0 Å². The number of carbonyl (C=O) groups is 2. The van der Waals surface area contributed by atoms with Crippen LogP contribution in [0.25, 0.3) is 0 Å². The minimum atomic E-state index is 0.0115. The lowest BCUT2D eigenvalue weighted by Gasteiger charge is -2.27. The zero-order valence-corrected chi connectivity index (χ0v) is 18.7. The van der Waals surface area contributed by atoms with Gasteiger partial charge >= 0.3 is 0 Å². The first-order valence-corrected chi connectivity index (χ1v) is 11.5. The van der Waals surface area contributed by atoms with E-state index in [2.05, 4.69) is 32.6 Å². The van der Waals surface area contributed by atoms with Crippen LogP contribution in [0.1, 0.15) is 19.3 Å². The van der Waals surface area contributed by atoms with Gasteiger partial charge in [-0.25, -0.2) is 0 Å². The van der Waals surface area contributed by atoms with Gasteiger partial charge in [0.25, 0.3) is 0 Å². The predicted octanol–water partition coefficient (Wildman–Crippen LogP) is 4.76. The van der Waals surface area contributed by atoms with Crippen LogP contribution in [0.3, 0.4) is 0 Å². The van der Waals surface area contributed by atoms with Gasteiger partial charge < -0.3 is 20.4 Å². The van der Waals surface area contributed by atoms with Crippen LogP contribution in [-0.2, 0) is 9.59 Å². The molecule has 0 saturated carbocycles. The molecule has 0 radical (unpaired) electrons. The molecule has 0 unspecified atom stereocenters. The molecule has 170 valence electrons. The lowest BCUT2D eigenvalue weighted by atomic mass is 10.2. The van der Waals surface area contributed by atoms with Crippen molar-refractivity contribution in [3.63, 3.8) is 0 Å². The third kappa shape index (κ3) is 6.35. The first-order chi connectivity index (χ1) is 16.2. The van der Waals surface area contributed by atoms with Crippen LogP contribution in [0.15, 0.2) is 84.9 Å².